The first-order valence-corrected chi connectivity index (χ1v) is 13.4. The van der Waals surface area contributed by atoms with Gasteiger partial charge in [-0.2, -0.15) is 0 Å². The molecule has 11 heteroatoms. The van der Waals surface area contributed by atoms with Gasteiger partial charge in [0.05, 0.1) is 22.2 Å². The minimum absolute atomic E-state index is 0.0526. The summed E-state index contributed by atoms with van der Waals surface area (Å²) in [7, 11) is 0. The van der Waals surface area contributed by atoms with E-state index in [1.54, 1.807) is 37.6 Å². The quantitative estimate of drug-likeness (QED) is 0.386. The SMILES string of the molecule is Cc1ncsc1-c1ccc(CNC(=O)[C@@H]2C[C@@H](O)CN2C(=O)[C@@H](OC(=O)CCCC(=O)O)C(C)(C)C)cc1. The summed E-state index contributed by atoms with van der Waals surface area (Å²) >= 11 is 1.56. The Kier molecular flexibility index (Phi) is 9.61. The number of nitrogens with one attached hydrogen (secondary N) is 1. The number of carbonyl (C=O) groups excluding carboxylic acids is 3. The molecule has 3 rings (SSSR count). The van der Waals surface area contributed by atoms with E-state index in [-0.39, 0.29) is 38.8 Å². The number of hydrogen-bond donors (Lipinski definition) is 3. The molecule has 3 N–H and O–H groups in total. The molecule has 0 unspecified atom stereocenters. The Morgan fingerprint density at radius 2 is 1.87 bits per heavy atom. The second-order valence-electron chi connectivity index (χ2n) is 10.6. The van der Waals surface area contributed by atoms with Gasteiger partial charge in [0, 0.05) is 37.8 Å². The number of carboxylic acids is 1. The van der Waals surface area contributed by atoms with Gasteiger partial charge < -0.3 is 25.2 Å². The summed E-state index contributed by atoms with van der Waals surface area (Å²) in [6, 6.07) is 6.86. The van der Waals surface area contributed by atoms with Gasteiger partial charge in [0.25, 0.3) is 5.91 Å². The lowest BCUT2D eigenvalue weighted by atomic mass is 9.87. The molecule has 3 atom stereocenters. The molecule has 38 heavy (non-hydrogen) atoms. The van der Waals surface area contributed by atoms with Crippen molar-refractivity contribution in [1.82, 2.24) is 15.2 Å². The van der Waals surface area contributed by atoms with Gasteiger partial charge in [-0.1, -0.05) is 45.0 Å². The van der Waals surface area contributed by atoms with E-state index in [4.69, 9.17) is 9.84 Å². The summed E-state index contributed by atoms with van der Waals surface area (Å²) in [5.74, 6) is -2.67. The van der Waals surface area contributed by atoms with E-state index >= 15 is 0 Å². The number of aryl methyl sites for hydroxylation is 1. The Hall–Kier alpha value is -3.31. The highest BCUT2D eigenvalue weighted by Crippen LogP contribution is 2.29. The summed E-state index contributed by atoms with van der Waals surface area (Å²) in [5, 5.41) is 21.9. The van der Waals surface area contributed by atoms with Crippen molar-refractivity contribution in [3.05, 3.63) is 41.0 Å². The zero-order valence-corrected chi connectivity index (χ0v) is 22.9. The zero-order valence-electron chi connectivity index (χ0n) is 22.1. The molecule has 0 bridgehead atoms. The molecule has 1 saturated heterocycles. The smallest absolute Gasteiger partial charge is 0.306 e. The molecule has 1 fully saturated rings. The third-order valence-corrected chi connectivity index (χ3v) is 7.30. The molecule has 0 radical (unpaired) electrons. The highest BCUT2D eigenvalue weighted by atomic mass is 32.1. The first-order valence-electron chi connectivity index (χ1n) is 12.5. The van der Waals surface area contributed by atoms with Crippen LogP contribution >= 0.6 is 11.3 Å². The number of β-amino-alcohol motifs (C(OH)–C–C–N with tert-alkyl or cyclic N) is 1. The van der Waals surface area contributed by atoms with Crippen LogP contribution in [0.25, 0.3) is 10.4 Å². The number of carboxylic acid groups (broad SMARTS) is 1. The topological polar surface area (TPSA) is 146 Å². The predicted molar refractivity (Wildman–Crippen MR) is 141 cm³/mol. The Morgan fingerprint density at radius 3 is 2.45 bits per heavy atom. The standard InChI is InChI=1S/C27H35N3O7S/c1-16-23(38-15-29-16)18-10-8-17(9-11-18)13-28-25(35)20-12-19(31)14-30(20)26(36)24(27(2,3)4)37-22(34)7-5-6-21(32)33/h8-11,15,19-20,24,31H,5-7,12-14H2,1-4H3,(H,28,35)(H,32,33)/t19-,20+,24-/m1/s1. The number of amides is 2. The molecule has 1 aromatic carbocycles. The van der Waals surface area contributed by atoms with Crippen molar-refractivity contribution in [3.8, 4) is 10.4 Å². The van der Waals surface area contributed by atoms with Crippen LogP contribution in [0, 0.1) is 12.3 Å². The van der Waals surface area contributed by atoms with E-state index in [0.717, 1.165) is 21.7 Å². The molecule has 1 aliphatic heterocycles. The van der Waals surface area contributed by atoms with Gasteiger partial charge in [0.2, 0.25) is 5.91 Å². The molecule has 206 valence electrons. The van der Waals surface area contributed by atoms with E-state index in [1.807, 2.05) is 31.2 Å². The minimum Gasteiger partial charge on any atom is -0.481 e. The molecule has 2 amide bonds. The maximum atomic E-state index is 13.5. The number of benzene rings is 1. The fourth-order valence-electron chi connectivity index (χ4n) is 4.29. The number of hydrogen-bond acceptors (Lipinski definition) is 8. The third-order valence-electron chi connectivity index (χ3n) is 6.32. The van der Waals surface area contributed by atoms with Crippen LogP contribution in [0.3, 0.4) is 0 Å². The van der Waals surface area contributed by atoms with Crippen molar-refractivity contribution in [2.75, 3.05) is 6.54 Å². The second kappa shape index (κ2) is 12.5. The van der Waals surface area contributed by atoms with Crippen LogP contribution in [0.4, 0.5) is 0 Å². The fourth-order valence-corrected chi connectivity index (χ4v) is 5.10. The van der Waals surface area contributed by atoms with Crippen molar-refractivity contribution in [2.24, 2.45) is 5.41 Å². The van der Waals surface area contributed by atoms with E-state index in [0.29, 0.717) is 0 Å². The molecule has 0 saturated carbocycles. The van der Waals surface area contributed by atoms with Crippen LogP contribution in [0.5, 0.6) is 0 Å². The molecule has 1 aromatic heterocycles. The average molecular weight is 546 g/mol. The van der Waals surface area contributed by atoms with E-state index in [1.165, 1.54) is 4.90 Å². The summed E-state index contributed by atoms with van der Waals surface area (Å²) in [5.41, 5.74) is 3.89. The number of aliphatic hydroxyl groups is 1. The minimum atomic E-state index is -1.19. The number of likely N-dealkylation sites (tertiary alicyclic amines) is 1. The van der Waals surface area contributed by atoms with Crippen molar-refractivity contribution in [3.63, 3.8) is 0 Å². The van der Waals surface area contributed by atoms with Crippen molar-refractivity contribution in [1.29, 1.82) is 0 Å². The molecular formula is C27H35N3O7S. The van der Waals surface area contributed by atoms with Gasteiger partial charge in [-0.25, -0.2) is 4.98 Å². The third kappa shape index (κ3) is 7.61. The van der Waals surface area contributed by atoms with Crippen LogP contribution in [-0.2, 0) is 30.5 Å². The number of nitrogens with zero attached hydrogens (tertiary/aromatic N) is 2. The maximum Gasteiger partial charge on any atom is 0.306 e. The number of rotatable bonds is 10. The van der Waals surface area contributed by atoms with Gasteiger partial charge >= 0.3 is 11.9 Å². The maximum absolute atomic E-state index is 13.5. The molecule has 2 aromatic rings. The Balaban J connectivity index is 1.64. The second-order valence-corrected chi connectivity index (χ2v) is 11.4. The lowest BCUT2D eigenvalue weighted by molar-refractivity contribution is -0.169. The summed E-state index contributed by atoms with van der Waals surface area (Å²) in [4.78, 5) is 56.3. The monoisotopic (exact) mass is 545 g/mol. The first kappa shape index (κ1) is 29.2. The van der Waals surface area contributed by atoms with E-state index in [2.05, 4.69) is 10.3 Å². The number of aromatic nitrogens is 1. The Bertz CT molecular complexity index is 1160. The van der Waals surface area contributed by atoms with Crippen molar-refractivity contribution < 1.29 is 34.1 Å². The lowest BCUT2D eigenvalue weighted by Gasteiger charge is -2.34. The average Bonchev–Trinajstić information content (AvgIpc) is 3.45. The lowest BCUT2D eigenvalue weighted by Crippen LogP contribution is -2.53. The number of aliphatic hydroxyl groups excluding tert-OH is 1. The number of thiazole rings is 1. The molecular weight excluding hydrogens is 510 g/mol. The molecule has 1 aliphatic rings. The van der Waals surface area contributed by atoms with E-state index < -0.39 is 47.4 Å². The van der Waals surface area contributed by atoms with Gasteiger partial charge in [-0.3, -0.25) is 19.2 Å². The van der Waals surface area contributed by atoms with Gasteiger partial charge in [-0.05, 0) is 24.5 Å². The van der Waals surface area contributed by atoms with Crippen molar-refractivity contribution in [2.45, 2.75) is 78.2 Å². The fraction of sp³-hybridized carbons (Fsp3) is 0.519. The van der Waals surface area contributed by atoms with Crippen LogP contribution in [0.15, 0.2) is 29.8 Å². The normalized spacial score (nSPS) is 18.2. The number of aliphatic carboxylic acids is 1. The highest BCUT2D eigenvalue weighted by Gasteiger charge is 2.45. The number of ether oxygens (including phenoxy) is 1. The first-order chi connectivity index (χ1) is 17.9. The molecule has 0 spiro atoms. The van der Waals surface area contributed by atoms with Crippen LogP contribution in [-0.4, -0.2) is 68.6 Å². The highest BCUT2D eigenvalue weighted by molar-refractivity contribution is 7.13. The largest absolute Gasteiger partial charge is 0.481 e. The number of carbonyl (C=O) groups is 4. The van der Waals surface area contributed by atoms with Crippen LogP contribution in [0.1, 0.15) is 57.7 Å². The van der Waals surface area contributed by atoms with Gasteiger partial charge in [0.15, 0.2) is 6.10 Å². The Labute approximate surface area is 226 Å². The summed E-state index contributed by atoms with van der Waals surface area (Å²) < 4.78 is 5.47. The molecule has 0 aliphatic carbocycles. The molecule has 2 heterocycles. The predicted octanol–water partition coefficient (Wildman–Crippen LogP) is 2.91. The number of esters is 1. The van der Waals surface area contributed by atoms with Crippen LogP contribution < -0.4 is 5.32 Å². The van der Waals surface area contributed by atoms with Gasteiger partial charge in [-0.15, -0.1) is 11.3 Å². The van der Waals surface area contributed by atoms with Crippen molar-refractivity contribution >= 4 is 35.1 Å². The summed E-state index contributed by atoms with van der Waals surface area (Å²) in [6.07, 6.45) is -2.23. The van der Waals surface area contributed by atoms with Crippen LogP contribution in [0.2, 0.25) is 0 Å². The Morgan fingerprint density at radius 1 is 1.18 bits per heavy atom. The van der Waals surface area contributed by atoms with E-state index in [9.17, 15) is 24.3 Å². The zero-order chi connectivity index (χ0) is 28.0. The molecule has 10 nitrogen and oxygen atoms in total. The summed E-state index contributed by atoms with van der Waals surface area (Å²) in [6.45, 7) is 7.35. The van der Waals surface area contributed by atoms with Gasteiger partial charge in [0.1, 0.15) is 6.04 Å².